The minimum absolute atomic E-state index is 0.0394. The summed E-state index contributed by atoms with van der Waals surface area (Å²) in [5.74, 6) is 0.725. The molecule has 2 N–H and O–H groups in total. The summed E-state index contributed by atoms with van der Waals surface area (Å²) in [6.07, 6.45) is 4.28. The van der Waals surface area contributed by atoms with Gasteiger partial charge >= 0.3 is 6.03 Å². The van der Waals surface area contributed by atoms with Crippen LogP contribution in [0, 0.1) is 25.2 Å². The Hall–Kier alpha value is -1.55. The van der Waals surface area contributed by atoms with Crippen molar-refractivity contribution < 1.29 is 4.79 Å². The number of hydrazine groups is 1. The number of aryl methyl sites for hydroxylation is 2. The van der Waals surface area contributed by atoms with Crippen LogP contribution in [0.1, 0.15) is 57.6 Å². The number of carbonyl (C=O) groups excluding carboxylic acids is 1. The van der Waals surface area contributed by atoms with Gasteiger partial charge in [0.1, 0.15) is 5.66 Å². The quantitative estimate of drug-likeness (QED) is 0.813. The van der Waals surface area contributed by atoms with Crippen LogP contribution in [0.3, 0.4) is 0 Å². The first-order valence-electron chi connectivity index (χ1n) is 8.68. The summed E-state index contributed by atoms with van der Waals surface area (Å²) in [5.41, 5.74) is 6.91. The van der Waals surface area contributed by atoms with Gasteiger partial charge in [-0.1, -0.05) is 26.8 Å². The average Bonchev–Trinajstić information content (AvgIpc) is 2.78. The average molecular weight is 315 g/mol. The molecule has 1 spiro atoms. The van der Waals surface area contributed by atoms with E-state index in [1.807, 2.05) is 6.07 Å². The Labute approximate surface area is 139 Å². The molecule has 1 aromatic rings. The minimum Gasteiger partial charge on any atom is -0.317 e. The molecule has 1 saturated heterocycles. The lowest BCUT2D eigenvalue weighted by Crippen LogP contribution is -2.54. The fourth-order valence-electron chi connectivity index (χ4n) is 3.81. The maximum absolute atomic E-state index is 12.5. The van der Waals surface area contributed by atoms with Gasteiger partial charge in [0.2, 0.25) is 0 Å². The van der Waals surface area contributed by atoms with Crippen LogP contribution in [0.15, 0.2) is 18.2 Å². The van der Waals surface area contributed by atoms with Crippen molar-refractivity contribution in [1.82, 2.24) is 10.7 Å². The fourth-order valence-corrected chi connectivity index (χ4v) is 3.81. The van der Waals surface area contributed by atoms with Gasteiger partial charge in [-0.05, 0) is 74.1 Å². The van der Waals surface area contributed by atoms with Crippen molar-refractivity contribution in [2.75, 3.05) is 5.01 Å². The molecule has 2 aliphatic rings. The van der Waals surface area contributed by atoms with Gasteiger partial charge in [0.25, 0.3) is 0 Å². The number of rotatable bonds is 1. The molecule has 0 unspecified atom stereocenters. The highest BCUT2D eigenvalue weighted by atomic mass is 16.2. The van der Waals surface area contributed by atoms with E-state index in [2.05, 4.69) is 57.5 Å². The van der Waals surface area contributed by atoms with Crippen molar-refractivity contribution in [2.45, 2.75) is 66.0 Å². The highest BCUT2D eigenvalue weighted by molar-refractivity contribution is 5.94. The molecule has 1 saturated carbocycles. The number of carbonyl (C=O) groups is 1. The standard InChI is InChI=1S/C19H29N3O/c1-13-6-7-16(12-14(13)2)22-17(23)20-19(21-22)10-8-15(9-11-19)18(3,4)5/h6-7,12,15,21H,8-11H2,1-5H3,(H,20,23). The molecule has 1 aromatic carbocycles. The molecule has 0 bridgehead atoms. The number of benzene rings is 1. The van der Waals surface area contributed by atoms with Gasteiger partial charge in [-0.15, -0.1) is 0 Å². The topological polar surface area (TPSA) is 44.4 Å². The van der Waals surface area contributed by atoms with E-state index in [4.69, 9.17) is 0 Å². The molecule has 0 radical (unpaired) electrons. The van der Waals surface area contributed by atoms with Crippen molar-refractivity contribution in [2.24, 2.45) is 11.3 Å². The second-order valence-electron chi connectivity index (χ2n) is 8.37. The largest absolute Gasteiger partial charge is 0.338 e. The Kier molecular flexibility index (Phi) is 3.91. The third-order valence-electron chi connectivity index (χ3n) is 5.69. The van der Waals surface area contributed by atoms with Crippen LogP contribution in [0.4, 0.5) is 10.5 Å². The van der Waals surface area contributed by atoms with E-state index in [1.54, 1.807) is 5.01 Å². The van der Waals surface area contributed by atoms with Gasteiger partial charge in [0, 0.05) is 0 Å². The number of anilines is 1. The van der Waals surface area contributed by atoms with Gasteiger partial charge in [-0.2, -0.15) is 0 Å². The van der Waals surface area contributed by atoms with Gasteiger partial charge in [0.15, 0.2) is 0 Å². The first-order chi connectivity index (χ1) is 10.7. The molecule has 1 aliphatic carbocycles. The Balaban J connectivity index is 1.74. The Morgan fingerprint density at radius 1 is 1.13 bits per heavy atom. The molecular formula is C19H29N3O. The summed E-state index contributed by atoms with van der Waals surface area (Å²) >= 11 is 0. The van der Waals surface area contributed by atoms with Crippen LogP contribution < -0.4 is 15.8 Å². The number of hydrogen-bond acceptors (Lipinski definition) is 2. The van der Waals surface area contributed by atoms with Crippen LogP contribution in [0.5, 0.6) is 0 Å². The highest BCUT2D eigenvalue weighted by Crippen LogP contribution is 2.42. The lowest BCUT2D eigenvalue weighted by atomic mass is 9.70. The molecule has 0 aromatic heterocycles. The zero-order chi connectivity index (χ0) is 16.8. The first kappa shape index (κ1) is 16.3. The van der Waals surface area contributed by atoms with Gasteiger partial charge < -0.3 is 5.32 Å². The molecular weight excluding hydrogens is 286 g/mol. The minimum atomic E-state index is -0.266. The van der Waals surface area contributed by atoms with E-state index < -0.39 is 0 Å². The predicted molar refractivity (Wildman–Crippen MR) is 94.2 cm³/mol. The number of hydrogen-bond donors (Lipinski definition) is 2. The Bertz CT molecular complexity index is 610. The number of urea groups is 1. The second kappa shape index (κ2) is 5.52. The van der Waals surface area contributed by atoms with E-state index in [0.717, 1.165) is 37.3 Å². The summed E-state index contributed by atoms with van der Waals surface area (Å²) in [7, 11) is 0. The third-order valence-corrected chi connectivity index (χ3v) is 5.69. The zero-order valence-electron chi connectivity index (χ0n) is 15.0. The predicted octanol–water partition coefficient (Wildman–Crippen LogP) is 4.27. The maximum Gasteiger partial charge on any atom is 0.338 e. The molecule has 1 heterocycles. The molecule has 2 fully saturated rings. The van der Waals surface area contributed by atoms with Gasteiger partial charge in [0.05, 0.1) is 5.69 Å². The summed E-state index contributed by atoms with van der Waals surface area (Å²) < 4.78 is 0. The molecule has 126 valence electrons. The Morgan fingerprint density at radius 2 is 1.78 bits per heavy atom. The number of amides is 2. The summed E-state index contributed by atoms with van der Waals surface area (Å²) in [4.78, 5) is 12.5. The van der Waals surface area contributed by atoms with Gasteiger partial charge in [-0.3, -0.25) is 0 Å². The van der Waals surface area contributed by atoms with Crippen LogP contribution in [0.2, 0.25) is 0 Å². The van der Waals surface area contributed by atoms with Crippen molar-refractivity contribution in [3.05, 3.63) is 29.3 Å². The summed E-state index contributed by atoms with van der Waals surface area (Å²) in [5, 5.41) is 4.88. The van der Waals surface area contributed by atoms with Crippen molar-refractivity contribution in [3.8, 4) is 0 Å². The molecule has 4 nitrogen and oxygen atoms in total. The molecule has 3 rings (SSSR count). The van der Waals surface area contributed by atoms with Crippen LogP contribution in [0.25, 0.3) is 0 Å². The molecule has 2 amide bonds. The fraction of sp³-hybridized carbons (Fsp3) is 0.632. The second-order valence-corrected chi connectivity index (χ2v) is 8.37. The van der Waals surface area contributed by atoms with E-state index in [0.29, 0.717) is 5.41 Å². The third kappa shape index (κ3) is 3.09. The molecule has 4 heteroatoms. The van der Waals surface area contributed by atoms with Gasteiger partial charge in [-0.25, -0.2) is 15.2 Å². The molecule has 1 aliphatic heterocycles. The van der Waals surface area contributed by atoms with Crippen LogP contribution >= 0.6 is 0 Å². The van der Waals surface area contributed by atoms with E-state index >= 15 is 0 Å². The monoisotopic (exact) mass is 315 g/mol. The SMILES string of the molecule is Cc1ccc(N2NC3(CCC(C(C)(C)C)CC3)NC2=O)cc1C. The first-order valence-corrected chi connectivity index (χ1v) is 8.68. The smallest absolute Gasteiger partial charge is 0.317 e. The van der Waals surface area contributed by atoms with Crippen LogP contribution in [-0.2, 0) is 0 Å². The molecule has 0 atom stereocenters. The van der Waals surface area contributed by atoms with Crippen molar-refractivity contribution in [1.29, 1.82) is 0 Å². The zero-order valence-corrected chi connectivity index (χ0v) is 15.0. The lowest BCUT2D eigenvalue weighted by Gasteiger charge is -2.41. The summed E-state index contributed by atoms with van der Waals surface area (Å²) in [6.45, 7) is 11.1. The lowest BCUT2D eigenvalue weighted by molar-refractivity contribution is 0.114. The highest BCUT2D eigenvalue weighted by Gasteiger charge is 2.46. The Morgan fingerprint density at radius 3 is 2.35 bits per heavy atom. The van der Waals surface area contributed by atoms with Crippen LogP contribution in [-0.4, -0.2) is 11.7 Å². The summed E-state index contributed by atoms with van der Waals surface area (Å²) in [6, 6.07) is 6.11. The van der Waals surface area contributed by atoms with E-state index in [-0.39, 0.29) is 11.7 Å². The van der Waals surface area contributed by atoms with E-state index in [1.165, 1.54) is 11.1 Å². The normalized spacial score (nSPS) is 28.3. The van der Waals surface area contributed by atoms with Crippen molar-refractivity contribution >= 4 is 11.7 Å². The van der Waals surface area contributed by atoms with E-state index in [9.17, 15) is 4.79 Å². The number of nitrogens with one attached hydrogen (secondary N) is 2. The maximum atomic E-state index is 12.5. The molecule has 23 heavy (non-hydrogen) atoms. The number of nitrogens with zero attached hydrogens (tertiary/aromatic N) is 1. The van der Waals surface area contributed by atoms with Crippen molar-refractivity contribution in [3.63, 3.8) is 0 Å².